The summed E-state index contributed by atoms with van der Waals surface area (Å²) in [5, 5.41) is 20.6. The van der Waals surface area contributed by atoms with Crippen molar-refractivity contribution in [2.45, 2.75) is 40.7 Å². The molecule has 0 spiro atoms. The normalized spacial score (nSPS) is 11.1. The number of hydrogen-bond acceptors (Lipinski definition) is 7. The van der Waals surface area contributed by atoms with Crippen LogP contribution in [-0.4, -0.2) is 35.7 Å². The van der Waals surface area contributed by atoms with Gasteiger partial charge in [-0.15, -0.1) is 15.3 Å². The van der Waals surface area contributed by atoms with Gasteiger partial charge in [0.2, 0.25) is 11.0 Å². The molecule has 1 N–H and O–H groups in total. The Morgan fingerprint density at radius 3 is 2.67 bits per heavy atom. The van der Waals surface area contributed by atoms with Crippen molar-refractivity contribution in [2.75, 3.05) is 5.32 Å². The fraction of sp³-hybridized carbons (Fsp3) is 0.412. The zero-order valence-electron chi connectivity index (χ0n) is 15.6. The van der Waals surface area contributed by atoms with E-state index in [2.05, 4.69) is 39.6 Å². The third-order valence-corrected chi connectivity index (χ3v) is 4.53. The number of amides is 1. The first-order valence-corrected chi connectivity index (χ1v) is 9.37. The molecule has 0 saturated carbocycles. The molecule has 10 heteroatoms. The summed E-state index contributed by atoms with van der Waals surface area (Å²) in [5.74, 6) is 0.548. The average Bonchev–Trinajstić information content (AvgIpc) is 3.14. The molecule has 0 aromatic carbocycles. The number of rotatable bonds is 6. The molecule has 0 aliphatic heterocycles. The molecule has 3 aromatic rings. The standard InChI is InChI=1S/C17H21N7O2S/c1-10(2)7-15-19-20-17(27-15)18-14(25)9-23-16(26)6-5-13(22-23)24-12(4)8-11(3)21-24/h5-6,8,10H,7,9H2,1-4H3,(H,18,20,25). The van der Waals surface area contributed by atoms with Gasteiger partial charge in [-0.2, -0.15) is 5.10 Å². The summed E-state index contributed by atoms with van der Waals surface area (Å²) >= 11 is 1.33. The first-order chi connectivity index (χ1) is 12.8. The number of carbonyl (C=O) groups excluding carboxylic acids is 1. The molecule has 0 aliphatic carbocycles. The average molecular weight is 387 g/mol. The molecule has 0 unspecified atom stereocenters. The maximum absolute atomic E-state index is 12.3. The quantitative estimate of drug-likeness (QED) is 0.690. The van der Waals surface area contributed by atoms with Gasteiger partial charge in [0, 0.05) is 18.2 Å². The van der Waals surface area contributed by atoms with E-state index in [0.29, 0.717) is 16.9 Å². The number of anilines is 1. The van der Waals surface area contributed by atoms with Crippen molar-refractivity contribution < 1.29 is 4.79 Å². The molecule has 0 aliphatic rings. The van der Waals surface area contributed by atoms with Gasteiger partial charge in [0.05, 0.1) is 5.69 Å². The predicted octanol–water partition coefficient (Wildman–Crippen LogP) is 1.73. The Balaban J connectivity index is 1.74. The van der Waals surface area contributed by atoms with Gasteiger partial charge in [0.1, 0.15) is 11.6 Å². The molecule has 3 rings (SSSR count). The van der Waals surface area contributed by atoms with Crippen molar-refractivity contribution in [2.24, 2.45) is 5.92 Å². The summed E-state index contributed by atoms with van der Waals surface area (Å²) in [6.45, 7) is 7.74. The van der Waals surface area contributed by atoms with Crippen molar-refractivity contribution in [3.8, 4) is 5.82 Å². The number of aromatic nitrogens is 6. The molecular weight excluding hydrogens is 366 g/mol. The highest BCUT2D eigenvalue weighted by atomic mass is 32.1. The van der Waals surface area contributed by atoms with Crippen molar-refractivity contribution in [1.29, 1.82) is 0 Å². The lowest BCUT2D eigenvalue weighted by Crippen LogP contribution is -2.30. The Morgan fingerprint density at radius 1 is 1.22 bits per heavy atom. The van der Waals surface area contributed by atoms with Gasteiger partial charge in [-0.05, 0) is 31.9 Å². The van der Waals surface area contributed by atoms with E-state index in [-0.39, 0.29) is 18.0 Å². The predicted molar refractivity (Wildman–Crippen MR) is 102 cm³/mol. The van der Waals surface area contributed by atoms with Crippen LogP contribution in [0.2, 0.25) is 0 Å². The first kappa shape index (κ1) is 18.9. The smallest absolute Gasteiger partial charge is 0.267 e. The largest absolute Gasteiger partial charge is 0.299 e. The van der Waals surface area contributed by atoms with E-state index in [0.717, 1.165) is 27.5 Å². The summed E-state index contributed by atoms with van der Waals surface area (Å²) in [6.07, 6.45) is 0.805. The number of nitrogens with zero attached hydrogens (tertiary/aromatic N) is 6. The highest BCUT2D eigenvalue weighted by Gasteiger charge is 2.13. The topological polar surface area (TPSA) is 108 Å². The van der Waals surface area contributed by atoms with E-state index < -0.39 is 0 Å². The number of nitrogens with one attached hydrogen (secondary N) is 1. The lowest BCUT2D eigenvalue weighted by atomic mass is 10.1. The fourth-order valence-electron chi connectivity index (χ4n) is 2.56. The number of hydrogen-bond donors (Lipinski definition) is 1. The van der Waals surface area contributed by atoms with Gasteiger partial charge in [-0.1, -0.05) is 25.2 Å². The van der Waals surface area contributed by atoms with Crippen LogP contribution in [-0.2, 0) is 17.8 Å². The van der Waals surface area contributed by atoms with Crippen LogP contribution in [0, 0.1) is 19.8 Å². The van der Waals surface area contributed by atoms with Gasteiger partial charge in [-0.25, -0.2) is 9.36 Å². The third kappa shape index (κ3) is 4.64. The Hall–Kier alpha value is -2.88. The van der Waals surface area contributed by atoms with E-state index in [1.807, 2.05) is 19.9 Å². The molecule has 0 atom stereocenters. The minimum absolute atomic E-state index is 0.217. The third-order valence-electron chi connectivity index (χ3n) is 3.67. The van der Waals surface area contributed by atoms with Gasteiger partial charge in [0.25, 0.3) is 5.56 Å². The van der Waals surface area contributed by atoms with Crippen LogP contribution >= 0.6 is 11.3 Å². The Morgan fingerprint density at radius 2 is 2.00 bits per heavy atom. The SMILES string of the molecule is Cc1cc(C)n(-c2ccc(=O)n(CC(=O)Nc3nnc(CC(C)C)s3)n2)n1. The van der Waals surface area contributed by atoms with Crippen molar-refractivity contribution in [3.63, 3.8) is 0 Å². The van der Waals surface area contributed by atoms with Crippen LogP contribution in [0.5, 0.6) is 0 Å². The summed E-state index contributed by atoms with van der Waals surface area (Å²) in [7, 11) is 0. The van der Waals surface area contributed by atoms with Crippen LogP contribution in [0.15, 0.2) is 23.0 Å². The lowest BCUT2D eigenvalue weighted by molar-refractivity contribution is -0.117. The summed E-state index contributed by atoms with van der Waals surface area (Å²) in [5.41, 5.74) is 1.37. The van der Waals surface area contributed by atoms with Gasteiger partial charge >= 0.3 is 0 Å². The molecule has 3 heterocycles. The van der Waals surface area contributed by atoms with Crippen molar-refractivity contribution >= 4 is 22.4 Å². The molecule has 9 nitrogen and oxygen atoms in total. The maximum atomic E-state index is 12.3. The molecule has 0 saturated heterocycles. The molecule has 1 amide bonds. The summed E-state index contributed by atoms with van der Waals surface area (Å²) in [4.78, 5) is 24.4. The number of carbonyl (C=O) groups is 1. The number of aryl methyl sites for hydroxylation is 2. The van der Waals surface area contributed by atoms with Crippen LogP contribution in [0.25, 0.3) is 5.82 Å². The monoisotopic (exact) mass is 387 g/mol. The second-order valence-corrected chi connectivity index (χ2v) is 7.74. The second-order valence-electron chi connectivity index (χ2n) is 6.67. The zero-order chi connectivity index (χ0) is 19.6. The van der Waals surface area contributed by atoms with Gasteiger partial charge < -0.3 is 0 Å². The van der Waals surface area contributed by atoms with Crippen LogP contribution in [0.4, 0.5) is 5.13 Å². The molecule has 27 heavy (non-hydrogen) atoms. The molecule has 0 fully saturated rings. The fourth-order valence-corrected chi connectivity index (χ4v) is 3.52. The second kappa shape index (κ2) is 7.78. The lowest BCUT2D eigenvalue weighted by Gasteiger charge is -2.07. The zero-order valence-corrected chi connectivity index (χ0v) is 16.4. The molecule has 3 aromatic heterocycles. The molecule has 142 valence electrons. The minimum atomic E-state index is -0.387. The first-order valence-electron chi connectivity index (χ1n) is 8.56. The molecule has 0 radical (unpaired) electrons. The summed E-state index contributed by atoms with van der Waals surface area (Å²) < 4.78 is 2.74. The summed E-state index contributed by atoms with van der Waals surface area (Å²) in [6, 6.07) is 4.87. The van der Waals surface area contributed by atoms with E-state index in [9.17, 15) is 9.59 Å². The van der Waals surface area contributed by atoms with Crippen LogP contribution in [0.3, 0.4) is 0 Å². The van der Waals surface area contributed by atoms with Crippen molar-refractivity contribution in [3.05, 3.63) is 44.9 Å². The molecule has 0 bridgehead atoms. The van der Waals surface area contributed by atoms with Crippen LogP contribution < -0.4 is 10.9 Å². The highest BCUT2D eigenvalue weighted by Crippen LogP contribution is 2.18. The Labute approximate surface area is 160 Å². The molecular formula is C17H21N7O2S. The highest BCUT2D eigenvalue weighted by molar-refractivity contribution is 7.15. The minimum Gasteiger partial charge on any atom is -0.299 e. The van der Waals surface area contributed by atoms with E-state index >= 15 is 0 Å². The Kier molecular flexibility index (Phi) is 5.45. The maximum Gasteiger partial charge on any atom is 0.267 e. The van der Waals surface area contributed by atoms with Crippen molar-refractivity contribution in [1.82, 2.24) is 29.8 Å². The Bertz CT molecular complexity index is 1020. The van der Waals surface area contributed by atoms with E-state index in [1.165, 1.54) is 17.4 Å². The van der Waals surface area contributed by atoms with E-state index in [4.69, 9.17) is 0 Å². The van der Waals surface area contributed by atoms with Crippen LogP contribution in [0.1, 0.15) is 30.2 Å². The van der Waals surface area contributed by atoms with Gasteiger partial charge in [-0.3, -0.25) is 14.9 Å². The van der Waals surface area contributed by atoms with E-state index in [1.54, 1.807) is 10.7 Å². The van der Waals surface area contributed by atoms with Gasteiger partial charge in [0.15, 0.2) is 5.82 Å².